The molecule has 4 rings (SSSR count). The van der Waals surface area contributed by atoms with Crippen LogP contribution in [-0.2, 0) is 33.6 Å². The molecule has 0 aliphatic heterocycles. The van der Waals surface area contributed by atoms with Crippen LogP contribution >= 0.6 is 0 Å². The molecule has 1 aromatic carbocycles. The van der Waals surface area contributed by atoms with Crippen molar-refractivity contribution in [3.8, 4) is 5.75 Å². The average molecular weight is 567 g/mol. The van der Waals surface area contributed by atoms with Crippen LogP contribution in [0.15, 0.2) is 36.0 Å². The van der Waals surface area contributed by atoms with Crippen molar-refractivity contribution < 1.29 is 34.8 Å². The van der Waals surface area contributed by atoms with Gasteiger partial charge in [0, 0.05) is 49.2 Å². The van der Waals surface area contributed by atoms with Crippen LogP contribution in [0.1, 0.15) is 35.2 Å². The zero-order valence-corrected chi connectivity index (χ0v) is 23.8. The SMILES string of the molecule is CN(C)c1cc(CCc2ccccn2)c(O)c2c1C[C@H]1C[C@@H]([C@H](CO)N(C)C)[C@@](O)(C(=O)CC(N)=O)C(=O)C1=C2O. The summed E-state index contributed by atoms with van der Waals surface area (Å²) in [5.74, 6) is -5.54. The number of likely N-dealkylation sites (N-methyl/N-ethyl adjacent to an activating group) is 1. The summed E-state index contributed by atoms with van der Waals surface area (Å²) in [6.07, 6.45) is 2.03. The number of benzene rings is 1. The first-order valence-corrected chi connectivity index (χ1v) is 13.6. The number of aromatic nitrogens is 1. The fourth-order valence-electron chi connectivity index (χ4n) is 6.35. The Morgan fingerprint density at radius 3 is 2.44 bits per heavy atom. The number of Topliss-reactive ketones (excluding diaryl/α,β-unsaturated/α-hetero) is 2. The van der Waals surface area contributed by atoms with Crippen LogP contribution in [0.5, 0.6) is 5.75 Å². The van der Waals surface area contributed by atoms with Crippen molar-refractivity contribution in [2.24, 2.45) is 17.6 Å². The van der Waals surface area contributed by atoms with Crippen LogP contribution in [0.3, 0.4) is 0 Å². The van der Waals surface area contributed by atoms with Crippen molar-refractivity contribution in [1.29, 1.82) is 0 Å². The number of anilines is 1. The Labute approximate surface area is 238 Å². The molecule has 0 spiro atoms. The van der Waals surface area contributed by atoms with Gasteiger partial charge in [0.15, 0.2) is 11.4 Å². The first-order valence-electron chi connectivity index (χ1n) is 13.6. The van der Waals surface area contributed by atoms with Gasteiger partial charge in [0.25, 0.3) is 0 Å². The molecule has 0 bridgehead atoms. The van der Waals surface area contributed by atoms with E-state index in [4.69, 9.17) is 5.73 Å². The smallest absolute Gasteiger partial charge is 0.225 e. The minimum Gasteiger partial charge on any atom is -0.507 e. The molecular formula is C30H38N4O7. The summed E-state index contributed by atoms with van der Waals surface area (Å²) in [4.78, 5) is 46.8. The number of ketones is 2. The molecule has 1 fully saturated rings. The number of fused-ring (bicyclic) bond motifs is 2. The third kappa shape index (κ3) is 5.32. The maximum Gasteiger partial charge on any atom is 0.225 e. The minimum absolute atomic E-state index is 0.0596. The van der Waals surface area contributed by atoms with Crippen LogP contribution in [0.4, 0.5) is 5.69 Å². The molecule has 1 aromatic heterocycles. The Kier molecular flexibility index (Phi) is 8.53. The number of hydrogen-bond donors (Lipinski definition) is 5. The molecule has 2 aliphatic carbocycles. The number of aryl methyl sites for hydroxylation is 2. The van der Waals surface area contributed by atoms with Crippen LogP contribution in [0.25, 0.3) is 5.76 Å². The van der Waals surface area contributed by atoms with Crippen molar-refractivity contribution in [3.63, 3.8) is 0 Å². The van der Waals surface area contributed by atoms with Gasteiger partial charge in [-0.15, -0.1) is 0 Å². The van der Waals surface area contributed by atoms with Crippen LogP contribution in [0, 0.1) is 11.8 Å². The first-order chi connectivity index (χ1) is 19.3. The number of hydrogen-bond acceptors (Lipinski definition) is 10. The van der Waals surface area contributed by atoms with Crippen LogP contribution in [0.2, 0.25) is 0 Å². The quantitative estimate of drug-likeness (QED) is 0.258. The Morgan fingerprint density at radius 1 is 1.17 bits per heavy atom. The lowest BCUT2D eigenvalue weighted by atomic mass is 9.59. The van der Waals surface area contributed by atoms with E-state index in [0.717, 1.165) is 11.4 Å². The van der Waals surface area contributed by atoms with E-state index in [1.54, 1.807) is 25.2 Å². The van der Waals surface area contributed by atoms with Gasteiger partial charge in [0.2, 0.25) is 11.7 Å². The summed E-state index contributed by atoms with van der Waals surface area (Å²) in [6, 6.07) is 6.62. The molecule has 220 valence electrons. The van der Waals surface area contributed by atoms with E-state index in [-0.39, 0.29) is 29.7 Å². The van der Waals surface area contributed by atoms with E-state index in [9.17, 15) is 34.8 Å². The highest BCUT2D eigenvalue weighted by atomic mass is 16.3. The number of phenols is 1. The van der Waals surface area contributed by atoms with E-state index in [2.05, 4.69) is 4.98 Å². The molecule has 0 unspecified atom stereocenters. The average Bonchev–Trinajstić information content (AvgIpc) is 2.91. The predicted octanol–water partition coefficient (Wildman–Crippen LogP) is 0.767. The molecule has 1 heterocycles. The highest BCUT2D eigenvalue weighted by molar-refractivity contribution is 6.23. The van der Waals surface area contributed by atoms with E-state index < -0.39 is 59.7 Å². The van der Waals surface area contributed by atoms with Gasteiger partial charge in [0.05, 0.1) is 18.6 Å². The molecule has 4 atom stereocenters. The monoisotopic (exact) mass is 566 g/mol. The van der Waals surface area contributed by atoms with Crippen molar-refractivity contribution in [2.45, 2.75) is 43.7 Å². The summed E-state index contributed by atoms with van der Waals surface area (Å²) in [7, 11) is 6.99. The summed E-state index contributed by atoms with van der Waals surface area (Å²) in [6.45, 7) is -0.463. The molecule has 2 aromatic rings. The summed E-state index contributed by atoms with van der Waals surface area (Å²) >= 11 is 0. The third-order valence-corrected chi connectivity index (χ3v) is 8.41. The van der Waals surface area contributed by atoms with Gasteiger partial charge in [-0.2, -0.15) is 0 Å². The second-order valence-electron chi connectivity index (χ2n) is 11.4. The molecule has 0 radical (unpaired) electrons. The Bertz CT molecular complexity index is 1390. The number of rotatable bonds is 10. The number of carbonyl (C=O) groups is 3. The number of nitrogens with two attached hydrogens (primary N) is 1. The zero-order valence-electron chi connectivity index (χ0n) is 23.8. The molecular weight excluding hydrogens is 528 g/mol. The van der Waals surface area contributed by atoms with Gasteiger partial charge in [-0.05, 0) is 75.0 Å². The second-order valence-corrected chi connectivity index (χ2v) is 11.4. The Balaban J connectivity index is 1.87. The molecule has 0 saturated heterocycles. The maximum absolute atomic E-state index is 14.1. The number of primary amides is 1. The van der Waals surface area contributed by atoms with Crippen molar-refractivity contribution in [2.75, 3.05) is 39.7 Å². The predicted molar refractivity (Wildman–Crippen MR) is 152 cm³/mol. The highest BCUT2D eigenvalue weighted by Crippen LogP contribution is 2.51. The number of aliphatic hydroxyl groups excluding tert-OH is 2. The number of phenolic OH excluding ortho intramolecular Hbond substituents is 1. The van der Waals surface area contributed by atoms with Gasteiger partial charge in [-0.1, -0.05) is 6.07 Å². The molecule has 41 heavy (non-hydrogen) atoms. The van der Waals surface area contributed by atoms with Gasteiger partial charge < -0.3 is 36.0 Å². The fourth-order valence-corrected chi connectivity index (χ4v) is 6.35. The summed E-state index contributed by atoms with van der Waals surface area (Å²) in [5.41, 5.74) is 5.19. The molecule has 6 N–H and O–H groups in total. The lowest BCUT2D eigenvalue weighted by Gasteiger charge is -2.47. The van der Waals surface area contributed by atoms with Crippen LogP contribution < -0.4 is 10.6 Å². The number of nitrogens with zero attached hydrogens (tertiary/aromatic N) is 3. The van der Waals surface area contributed by atoms with Gasteiger partial charge in [-0.25, -0.2) is 0 Å². The topological polar surface area (TPSA) is 178 Å². The molecule has 11 nitrogen and oxygen atoms in total. The second kappa shape index (κ2) is 11.6. The van der Waals surface area contributed by atoms with Gasteiger partial charge >= 0.3 is 0 Å². The molecule has 1 amide bonds. The van der Waals surface area contributed by atoms with Crippen molar-refractivity contribution in [1.82, 2.24) is 9.88 Å². The number of pyridine rings is 1. The zero-order chi connectivity index (χ0) is 30.2. The van der Waals surface area contributed by atoms with E-state index in [1.807, 2.05) is 43.3 Å². The normalized spacial score (nSPS) is 22.8. The highest BCUT2D eigenvalue weighted by Gasteiger charge is 2.60. The molecule has 11 heteroatoms. The van der Waals surface area contributed by atoms with E-state index in [0.29, 0.717) is 24.0 Å². The Morgan fingerprint density at radius 2 is 1.88 bits per heavy atom. The van der Waals surface area contributed by atoms with Gasteiger partial charge in [0.1, 0.15) is 11.5 Å². The lowest BCUT2D eigenvalue weighted by molar-refractivity contribution is -0.163. The maximum atomic E-state index is 14.1. The summed E-state index contributed by atoms with van der Waals surface area (Å²) < 4.78 is 0. The summed E-state index contributed by atoms with van der Waals surface area (Å²) in [5, 5.41) is 45.0. The number of aromatic hydroxyl groups is 1. The lowest BCUT2D eigenvalue weighted by Crippen LogP contribution is -2.64. The first kappa shape index (κ1) is 30.2. The molecule has 1 saturated carbocycles. The van der Waals surface area contributed by atoms with E-state index >= 15 is 0 Å². The largest absolute Gasteiger partial charge is 0.507 e. The van der Waals surface area contributed by atoms with E-state index in [1.165, 1.54) is 0 Å². The van der Waals surface area contributed by atoms with Gasteiger partial charge in [-0.3, -0.25) is 19.4 Å². The van der Waals surface area contributed by atoms with Crippen molar-refractivity contribution in [3.05, 3.63) is 58.4 Å². The Hall–Kier alpha value is -3.80. The minimum atomic E-state index is -2.71. The van der Waals surface area contributed by atoms with Crippen molar-refractivity contribution >= 4 is 28.9 Å². The number of carbonyl (C=O) groups excluding carboxylic acids is 3. The third-order valence-electron chi connectivity index (χ3n) is 8.41. The number of aliphatic hydroxyl groups is 3. The van der Waals surface area contributed by atoms with Crippen LogP contribution in [-0.4, -0.2) is 94.2 Å². The molecule has 2 aliphatic rings. The fraction of sp³-hybridized carbons (Fsp3) is 0.467. The number of amides is 1. The standard InChI is InChI=1S/C30H38N4O7/c1-33(2)21-13-16(8-9-18-7-5-6-10-32-18)27(38)26-19(21)11-17-12-20(22(15-35)34(3)4)30(41,23(36)14-24(31)37)29(40)25(17)28(26)39/h5-7,10,13,17,20,22,35,38-39,41H,8-9,11-12,14-15H2,1-4H3,(H2,31,37)/t17-,20-,22-,30+/m0/s1.